The van der Waals surface area contributed by atoms with Crippen molar-refractivity contribution in [3.05, 3.63) is 50.8 Å². The Balaban J connectivity index is 2.69. The van der Waals surface area contributed by atoms with Gasteiger partial charge in [-0.3, -0.25) is 9.78 Å². The van der Waals surface area contributed by atoms with Gasteiger partial charge in [-0.05, 0) is 23.8 Å². The molecular formula is C13H7Cl3FNO2. The van der Waals surface area contributed by atoms with E-state index < -0.39 is 18.2 Å². The number of rotatable bonds is 3. The molecule has 0 aliphatic rings. The Bertz CT molecular complexity index is 692. The Morgan fingerprint density at radius 2 is 1.90 bits per heavy atom. The van der Waals surface area contributed by atoms with E-state index in [0.29, 0.717) is 0 Å². The van der Waals surface area contributed by atoms with Crippen LogP contribution in [0.15, 0.2) is 24.4 Å². The summed E-state index contributed by atoms with van der Waals surface area (Å²) >= 11 is 18.1. The molecule has 0 amide bonds. The molecule has 1 aromatic heterocycles. The van der Waals surface area contributed by atoms with Crippen molar-refractivity contribution in [2.24, 2.45) is 0 Å². The van der Waals surface area contributed by atoms with Gasteiger partial charge in [0, 0.05) is 5.56 Å². The molecule has 2 rings (SSSR count). The highest BCUT2D eigenvalue weighted by Gasteiger charge is 2.18. The molecule has 0 spiro atoms. The number of nitrogens with zero attached hydrogens (tertiary/aromatic N) is 1. The van der Waals surface area contributed by atoms with Gasteiger partial charge in [-0.2, -0.15) is 0 Å². The third-order valence-electron chi connectivity index (χ3n) is 2.56. The van der Waals surface area contributed by atoms with E-state index in [-0.39, 0.29) is 31.9 Å². The first-order valence-electron chi connectivity index (χ1n) is 5.40. The maximum atomic E-state index is 13.2. The van der Waals surface area contributed by atoms with Crippen molar-refractivity contribution in [2.75, 3.05) is 0 Å². The van der Waals surface area contributed by atoms with E-state index in [9.17, 15) is 9.18 Å². The summed E-state index contributed by atoms with van der Waals surface area (Å²) in [6.07, 6.45) is 0.563. The number of carbonyl (C=O) groups is 1. The van der Waals surface area contributed by atoms with E-state index in [1.54, 1.807) is 0 Å². The number of benzene rings is 1. The van der Waals surface area contributed by atoms with Gasteiger partial charge in [-0.1, -0.05) is 34.8 Å². The average molecular weight is 335 g/mol. The first-order chi connectivity index (χ1) is 9.40. The molecule has 1 aromatic carbocycles. The van der Waals surface area contributed by atoms with Gasteiger partial charge in [0.1, 0.15) is 5.82 Å². The largest absolute Gasteiger partial charge is 0.481 e. The molecule has 0 unspecified atom stereocenters. The Labute approximate surface area is 128 Å². The lowest BCUT2D eigenvalue weighted by Gasteiger charge is -2.11. The van der Waals surface area contributed by atoms with Crippen LogP contribution in [0, 0.1) is 5.82 Å². The Morgan fingerprint density at radius 3 is 2.55 bits per heavy atom. The summed E-state index contributed by atoms with van der Waals surface area (Å²) in [6, 6.07) is 4.11. The summed E-state index contributed by atoms with van der Waals surface area (Å²) in [5, 5.41) is 9.53. The molecule has 1 heterocycles. The molecule has 104 valence electrons. The van der Waals surface area contributed by atoms with E-state index in [2.05, 4.69) is 4.98 Å². The van der Waals surface area contributed by atoms with Crippen LogP contribution in [-0.2, 0) is 11.2 Å². The van der Waals surface area contributed by atoms with Crippen molar-refractivity contribution in [1.82, 2.24) is 4.98 Å². The van der Waals surface area contributed by atoms with Crippen LogP contribution in [0.2, 0.25) is 15.1 Å². The van der Waals surface area contributed by atoms with Crippen LogP contribution in [-0.4, -0.2) is 16.1 Å². The quantitative estimate of drug-likeness (QED) is 0.842. The summed E-state index contributed by atoms with van der Waals surface area (Å²) in [5.74, 6) is -1.76. The highest BCUT2D eigenvalue weighted by molar-refractivity contribution is 6.46. The van der Waals surface area contributed by atoms with Crippen LogP contribution in [0.5, 0.6) is 0 Å². The maximum Gasteiger partial charge on any atom is 0.307 e. The summed E-state index contributed by atoms with van der Waals surface area (Å²) in [7, 11) is 0. The van der Waals surface area contributed by atoms with Crippen molar-refractivity contribution in [3.63, 3.8) is 0 Å². The smallest absolute Gasteiger partial charge is 0.307 e. The highest BCUT2D eigenvalue weighted by Crippen LogP contribution is 2.39. The molecule has 20 heavy (non-hydrogen) atoms. The number of carboxylic acid groups (broad SMARTS) is 1. The van der Waals surface area contributed by atoms with Crippen molar-refractivity contribution in [2.45, 2.75) is 6.42 Å². The summed E-state index contributed by atoms with van der Waals surface area (Å²) in [4.78, 5) is 14.8. The van der Waals surface area contributed by atoms with Crippen LogP contribution in [0.1, 0.15) is 5.56 Å². The van der Waals surface area contributed by atoms with Crippen LogP contribution in [0.4, 0.5) is 4.39 Å². The molecule has 0 atom stereocenters. The number of carboxylic acids is 1. The van der Waals surface area contributed by atoms with Gasteiger partial charge in [0.25, 0.3) is 0 Å². The standard InChI is InChI=1S/C13H7Cl3FNO2/c14-8-1-2-9(15)12(16)11(8)13-6(4-10(19)20)3-7(17)5-18-13/h1-3,5H,4H2,(H,19,20). The molecule has 3 nitrogen and oxygen atoms in total. The van der Waals surface area contributed by atoms with Crippen molar-refractivity contribution >= 4 is 40.8 Å². The second-order valence-electron chi connectivity index (χ2n) is 3.95. The number of halogens is 4. The van der Waals surface area contributed by atoms with E-state index in [0.717, 1.165) is 12.3 Å². The predicted molar refractivity (Wildman–Crippen MR) is 76.0 cm³/mol. The molecule has 0 aliphatic heterocycles. The van der Waals surface area contributed by atoms with Gasteiger partial charge in [-0.25, -0.2) is 4.39 Å². The van der Waals surface area contributed by atoms with E-state index >= 15 is 0 Å². The first kappa shape index (κ1) is 15.0. The summed E-state index contributed by atoms with van der Waals surface area (Å²) in [5.41, 5.74) is 0.659. The van der Waals surface area contributed by atoms with Crippen LogP contribution in [0.25, 0.3) is 11.3 Å². The minimum Gasteiger partial charge on any atom is -0.481 e. The zero-order valence-electron chi connectivity index (χ0n) is 9.83. The van der Waals surface area contributed by atoms with E-state index in [1.807, 2.05) is 0 Å². The normalized spacial score (nSPS) is 10.6. The van der Waals surface area contributed by atoms with Gasteiger partial charge in [0.2, 0.25) is 0 Å². The zero-order chi connectivity index (χ0) is 14.9. The zero-order valence-corrected chi connectivity index (χ0v) is 12.1. The second kappa shape index (κ2) is 5.95. The summed E-state index contributed by atoms with van der Waals surface area (Å²) < 4.78 is 13.2. The molecule has 0 radical (unpaired) electrons. The molecule has 0 aliphatic carbocycles. The minimum atomic E-state index is -1.12. The number of aromatic nitrogens is 1. The van der Waals surface area contributed by atoms with Gasteiger partial charge >= 0.3 is 5.97 Å². The second-order valence-corrected chi connectivity index (χ2v) is 5.14. The lowest BCUT2D eigenvalue weighted by Crippen LogP contribution is -2.04. The third-order valence-corrected chi connectivity index (χ3v) is 3.67. The summed E-state index contributed by atoms with van der Waals surface area (Å²) in [6.45, 7) is 0. The fourth-order valence-electron chi connectivity index (χ4n) is 1.75. The van der Waals surface area contributed by atoms with Gasteiger partial charge in [0.05, 0.1) is 33.4 Å². The Morgan fingerprint density at radius 1 is 1.25 bits per heavy atom. The van der Waals surface area contributed by atoms with Crippen LogP contribution in [0.3, 0.4) is 0 Å². The predicted octanol–water partition coefficient (Wildman–Crippen LogP) is 4.48. The third kappa shape index (κ3) is 3.03. The fraction of sp³-hybridized carbons (Fsp3) is 0.0769. The maximum absolute atomic E-state index is 13.2. The molecular weight excluding hydrogens is 328 g/mol. The van der Waals surface area contributed by atoms with E-state index in [1.165, 1.54) is 12.1 Å². The SMILES string of the molecule is O=C(O)Cc1cc(F)cnc1-c1c(Cl)ccc(Cl)c1Cl. The molecule has 0 saturated heterocycles. The van der Waals surface area contributed by atoms with Crippen molar-refractivity contribution < 1.29 is 14.3 Å². The number of aliphatic carboxylic acids is 1. The molecule has 1 N–H and O–H groups in total. The van der Waals surface area contributed by atoms with Crippen LogP contribution >= 0.6 is 34.8 Å². The van der Waals surface area contributed by atoms with E-state index in [4.69, 9.17) is 39.9 Å². The van der Waals surface area contributed by atoms with Crippen molar-refractivity contribution in [3.8, 4) is 11.3 Å². The van der Waals surface area contributed by atoms with Crippen LogP contribution < -0.4 is 0 Å². The minimum absolute atomic E-state index is 0.143. The van der Waals surface area contributed by atoms with Gasteiger partial charge in [-0.15, -0.1) is 0 Å². The molecule has 0 fully saturated rings. The lowest BCUT2D eigenvalue weighted by atomic mass is 10.0. The van der Waals surface area contributed by atoms with Crippen molar-refractivity contribution in [1.29, 1.82) is 0 Å². The molecule has 0 saturated carbocycles. The molecule has 0 bridgehead atoms. The first-order valence-corrected chi connectivity index (χ1v) is 6.53. The topological polar surface area (TPSA) is 50.2 Å². The Hall–Kier alpha value is -1.36. The lowest BCUT2D eigenvalue weighted by molar-refractivity contribution is -0.136. The average Bonchev–Trinajstić information content (AvgIpc) is 2.36. The number of hydrogen-bond acceptors (Lipinski definition) is 2. The Kier molecular flexibility index (Phi) is 4.48. The van der Waals surface area contributed by atoms with Gasteiger partial charge < -0.3 is 5.11 Å². The number of pyridine rings is 1. The highest BCUT2D eigenvalue weighted by atomic mass is 35.5. The monoisotopic (exact) mass is 333 g/mol. The molecule has 7 heteroatoms. The fourth-order valence-corrected chi connectivity index (χ4v) is 2.46. The molecule has 2 aromatic rings. The van der Waals surface area contributed by atoms with Gasteiger partial charge in [0.15, 0.2) is 0 Å². The number of hydrogen-bond donors (Lipinski definition) is 1.